The molecule has 0 radical (unpaired) electrons. The first-order valence-electron chi connectivity index (χ1n) is 8.02. The summed E-state index contributed by atoms with van der Waals surface area (Å²) in [5.41, 5.74) is 8.50. The van der Waals surface area contributed by atoms with E-state index in [-0.39, 0.29) is 18.3 Å². The third-order valence-electron chi connectivity index (χ3n) is 4.29. The predicted octanol–water partition coefficient (Wildman–Crippen LogP) is 3.52. The monoisotopic (exact) mass is 359 g/mol. The SMILES string of the molecule is Cc1cc(C)c(NC(=O)CN2CCCCC2CCN)c(Cl)c1.Cl. The van der Waals surface area contributed by atoms with Crippen LogP contribution in [-0.2, 0) is 4.79 Å². The molecule has 1 fully saturated rings. The largest absolute Gasteiger partial charge is 0.330 e. The topological polar surface area (TPSA) is 58.4 Å². The first-order valence-corrected chi connectivity index (χ1v) is 8.39. The van der Waals surface area contributed by atoms with Gasteiger partial charge in [-0.15, -0.1) is 12.4 Å². The van der Waals surface area contributed by atoms with Crippen molar-refractivity contribution in [3.05, 3.63) is 28.3 Å². The Bertz CT molecular complexity index is 512. The van der Waals surface area contributed by atoms with Crippen molar-refractivity contribution in [1.82, 2.24) is 4.90 Å². The van der Waals surface area contributed by atoms with Gasteiger partial charge in [0, 0.05) is 6.04 Å². The number of nitrogens with zero attached hydrogens (tertiary/aromatic N) is 1. The summed E-state index contributed by atoms with van der Waals surface area (Å²) >= 11 is 6.26. The first-order chi connectivity index (χ1) is 10.5. The standard InChI is InChI=1S/C17H26ClN3O.ClH/c1-12-9-13(2)17(15(18)10-12)20-16(22)11-21-8-4-3-5-14(21)6-7-19;/h9-10,14H,3-8,11,19H2,1-2H3,(H,20,22);1H. The summed E-state index contributed by atoms with van der Waals surface area (Å²) in [5, 5.41) is 3.57. The second-order valence-electron chi connectivity index (χ2n) is 6.18. The van der Waals surface area contributed by atoms with Gasteiger partial charge < -0.3 is 11.1 Å². The summed E-state index contributed by atoms with van der Waals surface area (Å²) in [7, 11) is 0. The van der Waals surface area contributed by atoms with Crippen LogP contribution in [0.3, 0.4) is 0 Å². The van der Waals surface area contributed by atoms with Crippen LogP contribution < -0.4 is 11.1 Å². The molecule has 4 nitrogen and oxygen atoms in total. The lowest BCUT2D eigenvalue weighted by molar-refractivity contribution is -0.118. The maximum absolute atomic E-state index is 12.4. The van der Waals surface area contributed by atoms with Gasteiger partial charge in [-0.2, -0.15) is 0 Å². The highest BCUT2D eigenvalue weighted by Gasteiger charge is 2.24. The summed E-state index contributed by atoms with van der Waals surface area (Å²) in [5.74, 6) is -0.00206. The lowest BCUT2D eigenvalue weighted by atomic mass is 9.99. The molecule has 0 aromatic heterocycles. The Hall–Kier alpha value is -0.810. The van der Waals surface area contributed by atoms with E-state index in [4.69, 9.17) is 17.3 Å². The van der Waals surface area contributed by atoms with E-state index >= 15 is 0 Å². The minimum atomic E-state index is -0.00206. The fraction of sp³-hybridized carbons (Fsp3) is 0.588. The predicted molar refractivity (Wildman–Crippen MR) is 99.7 cm³/mol. The van der Waals surface area contributed by atoms with Crippen molar-refractivity contribution < 1.29 is 4.79 Å². The van der Waals surface area contributed by atoms with Gasteiger partial charge >= 0.3 is 0 Å². The van der Waals surface area contributed by atoms with Crippen LogP contribution in [0.1, 0.15) is 36.8 Å². The van der Waals surface area contributed by atoms with Gasteiger partial charge in [-0.05, 0) is 63.4 Å². The van der Waals surface area contributed by atoms with Crippen molar-refractivity contribution in [3.63, 3.8) is 0 Å². The molecule has 1 aliphatic rings. The van der Waals surface area contributed by atoms with E-state index in [1.807, 2.05) is 26.0 Å². The molecule has 1 aliphatic heterocycles. The molecule has 1 heterocycles. The molecule has 1 unspecified atom stereocenters. The number of aryl methyl sites for hydroxylation is 2. The molecule has 6 heteroatoms. The minimum absolute atomic E-state index is 0. The summed E-state index contributed by atoms with van der Waals surface area (Å²) in [6, 6.07) is 4.33. The Morgan fingerprint density at radius 2 is 2.13 bits per heavy atom. The number of halogens is 2. The number of nitrogens with one attached hydrogen (secondary N) is 1. The Labute approximate surface area is 150 Å². The Morgan fingerprint density at radius 1 is 1.39 bits per heavy atom. The number of piperidine rings is 1. The Morgan fingerprint density at radius 3 is 2.78 bits per heavy atom. The molecular formula is C17H27Cl2N3O. The van der Waals surface area contributed by atoms with Crippen LogP contribution in [0.15, 0.2) is 12.1 Å². The quantitative estimate of drug-likeness (QED) is 0.845. The summed E-state index contributed by atoms with van der Waals surface area (Å²) < 4.78 is 0. The number of nitrogens with two attached hydrogens (primary N) is 1. The van der Waals surface area contributed by atoms with Gasteiger partial charge in [0.15, 0.2) is 0 Å². The molecule has 130 valence electrons. The fourth-order valence-corrected chi connectivity index (χ4v) is 3.59. The van der Waals surface area contributed by atoms with E-state index in [1.165, 1.54) is 6.42 Å². The molecule has 0 aliphatic carbocycles. The number of hydrogen-bond donors (Lipinski definition) is 2. The van der Waals surface area contributed by atoms with Gasteiger partial charge in [0.1, 0.15) is 0 Å². The molecular weight excluding hydrogens is 333 g/mol. The van der Waals surface area contributed by atoms with Gasteiger partial charge in [-0.3, -0.25) is 9.69 Å². The van der Waals surface area contributed by atoms with Gasteiger partial charge in [-0.1, -0.05) is 24.1 Å². The second kappa shape index (κ2) is 9.48. The molecule has 1 saturated heterocycles. The molecule has 3 N–H and O–H groups in total. The van der Waals surface area contributed by atoms with Gasteiger partial charge in [0.25, 0.3) is 0 Å². The third-order valence-corrected chi connectivity index (χ3v) is 4.59. The van der Waals surface area contributed by atoms with E-state index in [0.29, 0.717) is 24.2 Å². The number of benzene rings is 1. The normalized spacial score (nSPS) is 18.3. The fourth-order valence-electron chi connectivity index (χ4n) is 3.22. The van der Waals surface area contributed by atoms with Crippen molar-refractivity contribution in [2.75, 3.05) is 25.0 Å². The number of anilines is 1. The number of likely N-dealkylation sites (tertiary alicyclic amines) is 1. The zero-order valence-corrected chi connectivity index (χ0v) is 15.5. The van der Waals surface area contributed by atoms with Crippen LogP contribution in [0.5, 0.6) is 0 Å². The zero-order valence-electron chi connectivity index (χ0n) is 13.9. The first kappa shape index (κ1) is 20.2. The number of carbonyl (C=O) groups excluding carboxylic acids is 1. The van der Waals surface area contributed by atoms with Crippen LogP contribution in [0, 0.1) is 13.8 Å². The van der Waals surface area contributed by atoms with Gasteiger partial charge in [-0.25, -0.2) is 0 Å². The van der Waals surface area contributed by atoms with E-state index in [1.54, 1.807) is 0 Å². The molecule has 23 heavy (non-hydrogen) atoms. The van der Waals surface area contributed by atoms with Crippen molar-refractivity contribution in [2.45, 2.75) is 45.6 Å². The van der Waals surface area contributed by atoms with Gasteiger partial charge in [0.2, 0.25) is 5.91 Å². The molecule has 0 spiro atoms. The van der Waals surface area contributed by atoms with Crippen LogP contribution in [0.25, 0.3) is 0 Å². The van der Waals surface area contributed by atoms with Crippen molar-refractivity contribution in [2.24, 2.45) is 5.73 Å². The highest BCUT2D eigenvalue weighted by Crippen LogP contribution is 2.27. The van der Waals surface area contributed by atoms with Crippen molar-refractivity contribution in [1.29, 1.82) is 0 Å². The highest BCUT2D eigenvalue weighted by atomic mass is 35.5. The third kappa shape index (κ3) is 5.64. The van der Waals surface area contributed by atoms with Gasteiger partial charge in [0.05, 0.1) is 17.3 Å². The average molecular weight is 360 g/mol. The van der Waals surface area contributed by atoms with Crippen LogP contribution in [0.4, 0.5) is 5.69 Å². The Balaban J connectivity index is 0.00000264. The van der Waals surface area contributed by atoms with E-state index in [0.717, 1.165) is 42.6 Å². The summed E-state index contributed by atoms with van der Waals surface area (Å²) in [4.78, 5) is 14.6. The molecule has 1 atom stereocenters. The molecule has 1 amide bonds. The zero-order chi connectivity index (χ0) is 16.1. The van der Waals surface area contributed by atoms with Crippen LogP contribution in [0.2, 0.25) is 5.02 Å². The summed E-state index contributed by atoms with van der Waals surface area (Å²) in [6.45, 7) is 6.01. The lowest BCUT2D eigenvalue weighted by Gasteiger charge is -2.35. The highest BCUT2D eigenvalue weighted by molar-refractivity contribution is 6.34. The minimum Gasteiger partial charge on any atom is -0.330 e. The number of rotatable bonds is 5. The maximum atomic E-state index is 12.4. The Kier molecular flexibility index (Phi) is 8.34. The maximum Gasteiger partial charge on any atom is 0.238 e. The molecule has 1 aromatic rings. The van der Waals surface area contributed by atoms with E-state index in [2.05, 4.69) is 10.2 Å². The van der Waals surface area contributed by atoms with E-state index < -0.39 is 0 Å². The van der Waals surface area contributed by atoms with Crippen molar-refractivity contribution in [3.8, 4) is 0 Å². The van der Waals surface area contributed by atoms with E-state index in [9.17, 15) is 4.79 Å². The molecule has 2 rings (SSSR count). The van der Waals surface area contributed by atoms with Crippen molar-refractivity contribution >= 4 is 35.6 Å². The number of hydrogen-bond acceptors (Lipinski definition) is 3. The average Bonchev–Trinajstić information content (AvgIpc) is 2.45. The summed E-state index contributed by atoms with van der Waals surface area (Å²) in [6.07, 6.45) is 4.47. The second-order valence-corrected chi connectivity index (χ2v) is 6.59. The molecule has 0 saturated carbocycles. The molecule has 0 bridgehead atoms. The number of amides is 1. The smallest absolute Gasteiger partial charge is 0.238 e. The van der Waals surface area contributed by atoms with Crippen LogP contribution >= 0.6 is 24.0 Å². The van der Waals surface area contributed by atoms with Crippen LogP contribution in [-0.4, -0.2) is 36.5 Å². The lowest BCUT2D eigenvalue weighted by Crippen LogP contribution is -2.44. The molecule has 1 aromatic carbocycles. The number of carbonyl (C=O) groups is 1.